The van der Waals surface area contributed by atoms with Crippen LogP contribution in [-0.2, 0) is 22.5 Å². The van der Waals surface area contributed by atoms with Crippen LogP contribution in [-0.4, -0.2) is 35.0 Å². The Balaban J connectivity index is 1.76. The van der Waals surface area contributed by atoms with Gasteiger partial charge in [0.15, 0.2) is 0 Å². The Kier molecular flexibility index (Phi) is 6.05. The van der Waals surface area contributed by atoms with Gasteiger partial charge in [0, 0.05) is 12.5 Å². The number of benzene rings is 2. The van der Waals surface area contributed by atoms with Gasteiger partial charge in [-0.25, -0.2) is 13.1 Å². The second-order valence-corrected chi connectivity index (χ2v) is 10.8. The summed E-state index contributed by atoms with van der Waals surface area (Å²) in [5.74, 6) is 0.987. The number of para-hydroxylation sites is 1. The zero-order chi connectivity index (χ0) is 25.5. The number of hydrogen-bond donors (Lipinski definition) is 1. The van der Waals surface area contributed by atoms with Crippen molar-refractivity contribution in [3.05, 3.63) is 70.5 Å². The van der Waals surface area contributed by atoms with Gasteiger partial charge in [-0.05, 0) is 37.3 Å². The van der Waals surface area contributed by atoms with E-state index in [1.54, 1.807) is 42.9 Å². The van der Waals surface area contributed by atoms with E-state index in [2.05, 4.69) is 14.9 Å². The van der Waals surface area contributed by atoms with Crippen molar-refractivity contribution in [1.29, 1.82) is 0 Å². The van der Waals surface area contributed by atoms with E-state index in [1.807, 2.05) is 26.8 Å². The van der Waals surface area contributed by atoms with Crippen molar-refractivity contribution in [1.82, 2.24) is 19.5 Å². The predicted molar refractivity (Wildman–Crippen MR) is 132 cm³/mol. The molecule has 0 aliphatic heterocycles. The van der Waals surface area contributed by atoms with Crippen LogP contribution in [0.1, 0.15) is 32.4 Å². The summed E-state index contributed by atoms with van der Waals surface area (Å²) < 4.78 is 42.9. The quantitative estimate of drug-likeness (QED) is 0.432. The second kappa shape index (κ2) is 8.73. The van der Waals surface area contributed by atoms with Crippen molar-refractivity contribution in [2.75, 3.05) is 11.8 Å². The number of methoxy groups -OCH3 is 1. The smallest absolute Gasteiger partial charge is 0.296 e. The van der Waals surface area contributed by atoms with Gasteiger partial charge in [-0.15, -0.1) is 0 Å². The highest BCUT2D eigenvalue weighted by atomic mass is 32.2. The molecule has 2 aromatic carbocycles. The van der Waals surface area contributed by atoms with Gasteiger partial charge in [0.25, 0.3) is 15.6 Å². The maximum Gasteiger partial charge on any atom is 0.296 e. The lowest BCUT2D eigenvalue weighted by atomic mass is 9.97. The summed E-state index contributed by atoms with van der Waals surface area (Å²) in [6.07, 6.45) is 0. The number of hydrogen-bond acceptors (Lipinski definition) is 7. The minimum Gasteiger partial charge on any atom is -0.496 e. The summed E-state index contributed by atoms with van der Waals surface area (Å²) in [7, 11) is -0.981. The highest BCUT2D eigenvalue weighted by Crippen LogP contribution is 2.32. The van der Waals surface area contributed by atoms with Crippen LogP contribution in [0.4, 0.5) is 5.69 Å². The Hall–Kier alpha value is -3.86. The molecular formula is C24H27N5O5S. The van der Waals surface area contributed by atoms with E-state index < -0.39 is 15.6 Å². The molecule has 0 bridgehead atoms. The van der Waals surface area contributed by atoms with Crippen molar-refractivity contribution in [3.8, 4) is 22.8 Å². The Morgan fingerprint density at radius 3 is 2.37 bits per heavy atom. The van der Waals surface area contributed by atoms with Gasteiger partial charge in [0.2, 0.25) is 11.7 Å². The van der Waals surface area contributed by atoms with E-state index in [4.69, 9.17) is 9.26 Å². The molecule has 0 radical (unpaired) electrons. The fourth-order valence-corrected chi connectivity index (χ4v) is 4.69. The van der Waals surface area contributed by atoms with Crippen molar-refractivity contribution in [2.45, 2.75) is 38.0 Å². The number of sulfonamides is 1. The van der Waals surface area contributed by atoms with Crippen LogP contribution in [0.3, 0.4) is 0 Å². The Bertz CT molecular complexity index is 1540. The zero-order valence-corrected chi connectivity index (χ0v) is 21.2. The van der Waals surface area contributed by atoms with E-state index >= 15 is 0 Å². The average Bonchev–Trinajstić information content (AvgIpc) is 3.39. The van der Waals surface area contributed by atoms with Crippen LogP contribution in [0.15, 0.2) is 62.7 Å². The molecule has 0 spiro atoms. The molecule has 10 nitrogen and oxygen atoms in total. The second-order valence-electron chi connectivity index (χ2n) is 9.08. The minimum absolute atomic E-state index is 0.0386. The molecule has 0 aliphatic carbocycles. The van der Waals surface area contributed by atoms with Crippen LogP contribution in [0, 0.1) is 6.92 Å². The van der Waals surface area contributed by atoms with Gasteiger partial charge in [-0.1, -0.05) is 44.1 Å². The fraction of sp³-hybridized carbons (Fsp3) is 0.292. The van der Waals surface area contributed by atoms with Gasteiger partial charge in [0.1, 0.15) is 11.4 Å². The molecule has 4 rings (SSSR count). The zero-order valence-electron chi connectivity index (χ0n) is 20.4. The first kappa shape index (κ1) is 24.3. The summed E-state index contributed by atoms with van der Waals surface area (Å²) in [5, 5.41) is 4.01. The average molecular weight is 498 g/mol. The fourth-order valence-electron chi connectivity index (χ4n) is 3.55. The monoisotopic (exact) mass is 497 g/mol. The Labute approximate surface area is 203 Å². The molecule has 4 aromatic rings. The molecule has 1 N–H and O–H groups in total. The topological polar surface area (TPSA) is 121 Å². The van der Waals surface area contributed by atoms with Gasteiger partial charge in [-0.3, -0.25) is 14.2 Å². The number of ether oxygens (including phenoxy) is 1. The molecule has 11 heteroatoms. The molecule has 0 aliphatic rings. The molecule has 184 valence electrons. The number of aromatic nitrogens is 4. The largest absolute Gasteiger partial charge is 0.496 e. The van der Waals surface area contributed by atoms with Crippen LogP contribution in [0.5, 0.6) is 5.75 Å². The third-order valence-corrected chi connectivity index (χ3v) is 6.93. The molecule has 0 saturated heterocycles. The van der Waals surface area contributed by atoms with Crippen LogP contribution < -0.4 is 15.0 Å². The standard InChI is InChI=1S/C24H27N5O5S/c1-15-20(22(30)29(28(15)5)16-10-8-7-9-11-16)27-35(31,32)17-12-13-19(33-6)18(14-17)21-25-23(34-26-21)24(2,3)4/h7-14,27H,1-6H3. The van der Waals surface area contributed by atoms with Gasteiger partial charge in [-0.2, -0.15) is 4.98 Å². The Morgan fingerprint density at radius 1 is 1.09 bits per heavy atom. The number of nitrogens with one attached hydrogen (secondary N) is 1. The number of rotatable bonds is 6. The van der Waals surface area contributed by atoms with E-state index in [-0.39, 0.29) is 21.8 Å². The predicted octanol–water partition coefficient (Wildman–Crippen LogP) is 3.64. The molecular weight excluding hydrogens is 470 g/mol. The van der Waals surface area contributed by atoms with Crippen molar-refractivity contribution >= 4 is 15.7 Å². The van der Waals surface area contributed by atoms with Crippen LogP contribution >= 0.6 is 0 Å². The lowest BCUT2D eigenvalue weighted by Gasteiger charge is -2.11. The van der Waals surface area contributed by atoms with Gasteiger partial charge >= 0.3 is 0 Å². The number of nitrogens with zero attached hydrogens (tertiary/aromatic N) is 4. The van der Waals surface area contributed by atoms with Crippen molar-refractivity contribution < 1.29 is 17.7 Å². The molecule has 0 amide bonds. The van der Waals surface area contributed by atoms with E-state index in [9.17, 15) is 13.2 Å². The molecule has 35 heavy (non-hydrogen) atoms. The number of anilines is 1. The molecule has 0 fully saturated rings. The molecule has 2 heterocycles. The highest BCUT2D eigenvalue weighted by Gasteiger charge is 2.26. The summed E-state index contributed by atoms with van der Waals surface area (Å²) in [5.41, 5.74) is 0.523. The third-order valence-electron chi connectivity index (χ3n) is 5.58. The van der Waals surface area contributed by atoms with E-state index in [1.165, 1.54) is 30.0 Å². The first-order valence-corrected chi connectivity index (χ1v) is 12.3. The van der Waals surface area contributed by atoms with Gasteiger partial charge in [0.05, 0.1) is 29.0 Å². The summed E-state index contributed by atoms with van der Waals surface area (Å²) in [6, 6.07) is 13.3. The maximum atomic E-state index is 13.3. The lowest BCUT2D eigenvalue weighted by molar-refractivity contribution is 0.321. The first-order valence-electron chi connectivity index (χ1n) is 10.8. The highest BCUT2D eigenvalue weighted by molar-refractivity contribution is 7.92. The molecule has 0 unspecified atom stereocenters. The lowest BCUT2D eigenvalue weighted by Crippen LogP contribution is -2.23. The normalized spacial score (nSPS) is 12.1. The summed E-state index contributed by atoms with van der Waals surface area (Å²) >= 11 is 0. The molecule has 0 saturated carbocycles. The van der Waals surface area contributed by atoms with Crippen molar-refractivity contribution in [3.63, 3.8) is 0 Å². The van der Waals surface area contributed by atoms with Crippen molar-refractivity contribution in [2.24, 2.45) is 7.05 Å². The molecule has 2 aromatic heterocycles. The van der Waals surface area contributed by atoms with Crippen LogP contribution in [0.25, 0.3) is 17.1 Å². The molecule has 0 atom stereocenters. The van der Waals surface area contributed by atoms with E-state index in [0.29, 0.717) is 28.6 Å². The maximum absolute atomic E-state index is 13.3. The summed E-state index contributed by atoms with van der Waals surface area (Å²) in [4.78, 5) is 17.5. The van der Waals surface area contributed by atoms with E-state index in [0.717, 1.165) is 0 Å². The Morgan fingerprint density at radius 2 is 1.77 bits per heavy atom. The minimum atomic E-state index is -4.14. The van der Waals surface area contributed by atoms with Gasteiger partial charge < -0.3 is 9.26 Å². The summed E-state index contributed by atoms with van der Waals surface area (Å²) in [6.45, 7) is 7.45. The first-order chi connectivity index (χ1) is 16.4. The van der Waals surface area contributed by atoms with Crippen LogP contribution in [0.2, 0.25) is 0 Å². The third kappa shape index (κ3) is 4.46. The SMILES string of the molecule is COc1ccc(S(=O)(=O)Nc2c(C)n(C)n(-c3ccccc3)c2=O)cc1-c1noc(C(C)(C)C)n1.